The zero-order chi connectivity index (χ0) is 16.1. The van der Waals surface area contributed by atoms with Gasteiger partial charge in [0.25, 0.3) is 0 Å². The van der Waals surface area contributed by atoms with Gasteiger partial charge >= 0.3 is 5.97 Å². The second kappa shape index (κ2) is 7.07. The number of carbonyl (C=O) groups is 1. The number of nitrogens with zero attached hydrogens (tertiary/aromatic N) is 2. The second-order valence-corrected chi connectivity index (χ2v) is 5.88. The number of hydrogen-bond acceptors (Lipinski definition) is 4. The average molecular weight is 322 g/mol. The Kier molecular flexibility index (Phi) is 4.68. The molecule has 2 aromatic carbocycles. The van der Waals surface area contributed by atoms with Crippen LogP contribution in [0.4, 0.5) is 0 Å². The summed E-state index contributed by atoms with van der Waals surface area (Å²) in [6, 6.07) is 22.0. The predicted octanol–water partition coefficient (Wildman–Crippen LogP) is 3.99. The molecule has 0 bridgehead atoms. The van der Waals surface area contributed by atoms with E-state index in [1.807, 2.05) is 36.4 Å². The normalized spacial score (nSPS) is 10.4. The van der Waals surface area contributed by atoms with Crippen molar-refractivity contribution in [1.82, 2.24) is 10.2 Å². The molecule has 0 aliphatic rings. The summed E-state index contributed by atoms with van der Waals surface area (Å²) in [7, 11) is 0. The minimum Gasteiger partial charge on any atom is -0.481 e. The Bertz CT molecular complexity index is 788. The maximum Gasteiger partial charge on any atom is 0.313 e. The number of rotatable bonds is 5. The summed E-state index contributed by atoms with van der Waals surface area (Å²) in [6.07, 6.45) is 0. The van der Waals surface area contributed by atoms with Gasteiger partial charge in [-0.05, 0) is 23.3 Å². The Morgan fingerprint density at radius 3 is 2.09 bits per heavy atom. The van der Waals surface area contributed by atoms with Gasteiger partial charge in [0, 0.05) is 5.56 Å². The fourth-order valence-corrected chi connectivity index (χ4v) is 2.68. The van der Waals surface area contributed by atoms with Crippen LogP contribution in [0.3, 0.4) is 0 Å². The first-order valence-electron chi connectivity index (χ1n) is 7.06. The van der Waals surface area contributed by atoms with Crippen LogP contribution >= 0.6 is 11.8 Å². The van der Waals surface area contributed by atoms with Gasteiger partial charge in [0.05, 0.1) is 11.4 Å². The largest absolute Gasteiger partial charge is 0.481 e. The highest BCUT2D eigenvalue weighted by Gasteiger charge is 2.05. The monoisotopic (exact) mass is 322 g/mol. The maximum atomic E-state index is 10.5. The van der Waals surface area contributed by atoms with E-state index in [-0.39, 0.29) is 5.75 Å². The lowest BCUT2D eigenvalue weighted by Crippen LogP contribution is -1.98. The zero-order valence-electron chi connectivity index (χ0n) is 12.2. The third-order valence-corrected chi connectivity index (χ3v) is 4.18. The fourth-order valence-electron chi connectivity index (χ4n) is 2.15. The molecule has 0 saturated heterocycles. The fraction of sp³-hybridized carbons (Fsp3) is 0.0556. The highest BCUT2D eigenvalue weighted by atomic mass is 32.2. The van der Waals surface area contributed by atoms with Gasteiger partial charge in [-0.1, -0.05) is 66.4 Å². The summed E-state index contributed by atoms with van der Waals surface area (Å²) in [5, 5.41) is 17.5. The third kappa shape index (κ3) is 3.96. The van der Waals surface area contributed by atoms with Crippen molar-refractivity contribution in [2.45, 2.75) is 5.03 Å². The SMILES string of the molecule is O=C(O)CSc1ccc(-c2ccc(-c3ccccc3)cc2)nn1. The second-order valence-electron chi connectivity index (χ2n) is 4.88. The topological polar surface area (TPSA) is 63.1 Å². The van der Waals surface area contributed by atoms with E-state index in [1.165, 1.54) is 5.56 Å². The summed E-state index contributed by atoms with van der Waals surface area (Å²) in [5.41, 5.74) is 4.07. The molecule has 1 aromatic heterocycles. The quantitative estimate of drug-likeness (QED) is 0.720. The van der Waals surface area contributed by atoms with Gasteiger partial charge in [-0.25, -0.2) is 0 Å². The van der Waals surface area contributed by atoms with Gasteiger partial charge in [0.2, 0.25) is 0 Å². The minimum absolute atomic E-state index is 0.0141. The first-order valence-corrected chi connectivity index (χ1v) is 8.05. The number of thioether (sulfide) groups is 1. The van der Waals surface area contributed by atoms with Crippen LogP contribution in [0, 0.1) is 0 Å². The molecule has 23 heavy (non-hydrogen) atoms. The van der Waals surface area contributed by atoms with Crippen LogP contribution in [0.5, 0.6) is 0 Å². The summed E-state index contributed by atoms with van der Waals surface area (Å²) in [6.45, 7) is 0. The van der Waals surface area contributed by atoms with Crippen molar-refractivity contribution in [3.05, 3.63) is 66.7 Å². The van der Waals surface area contributed by atoms with E-state index in [0.29, 0.717) is 5.03 Å². The highest BCUT2D eigenvalue weighted by molar-refractivity contribution is 7.99. The van der Waals surface area contributed by atoms with E-state index >= 15 is 0 Å². The number of carboxylic acid groups (broad SMARTS) is 1. The average Bonchev–Trinajstić information content (AvgIpc) is 2.61. The van der Waals surface area contributed by atoms with Crippen molar-refractivity contribution in [2.75, 3.05) is 5.75 Å². The molecule has 0 amide bonds. The lowest BCUT2D eigenvalue weighted by atomic mass is 10.0. The third-order valence-electron chi connectivity index (χ3n) is 3.27. The van der Waals surface area contributed by atoms with Crippen molar-refractivity contribution in [2.24, 2.45) is 0 Å². The zero-order valence-corrected chi connectivity index (χ0v) is 13.0. The van der Waals surface area contributed by atoms with Crippen molar-refractivity contribution in [1.29, 1.82) is 0 Å². The van der Waals surface area contributed by atoms with Crippen LogP contribution in [-0.4, -0.2) is 27.0 Å². The molecule has 0 unspecified atom stereocenters. The molecule has 3 rings (SSSR count). The van der Waals surface area contributed by atoms with Crippen LogP contribution in [0.15, 0.2) is 71.8 Å². The van der Waals surface area contributed by atoms with E-state index in [2.05, 4.69) is 34.5 Å². The lowest BCUT2D eigenvalue weighted by Gasteiger charge is -2.04. The molecule has 114 valence electrons. The Morgan fingerprint density at radius 1 is 0.826 bits per heavy atom. The van der Waals surface area contributed by atoms with Gasteiger partial charge in [0.1, 0.15) is 5.03 Å². The molecular formula is C18H14N2O2S. The van der Waals surface area contributed by atoms with Gasteiger partial charge in [0.15, 0.2) is 0 Å². The molecule has 0 atom stereocenters. The Morgan fingerprint density at radius 2 is 1.48 bits per heavy atom. The van der Waals surface area contributed by atoms with Crippen molar-refractivity contribution < 1.29 is 9.90 Å². The predicted molar refractivity (Wildman–Crippen MR) is 91.3 cm³/mol. The molecule has 0 spiro atoms. The molecule has 1 N–H and O–H groups in total. The van der Waals surface area contributed by atoms with Gasteiger partial charge < -0.3 is 5.11 Å². The van der Waals surface area contributed by atoms with Crippen molar-refractivity contribution in [3.63, 3.8) is 0 Å². The van der Waals surface area contributed by atoms with E-state index in [1.54, 1.807) is 6.07 Å². The van der Waals surface area contributed by atoms with Crippen molar-refractivity contribution >= 4 is 17.7 Å². The van der Waals surface area contributed by atoms with E-state index in [9.17, 15) is 4.79 Å². The number of hydrogen-bond donors (Lipinski definition) is 1. The molecular weight excluding hydrogens is 308 g/mol. The number of benzene rings is 2. The van der Waals surface area contributed by atoms with Crippen LogP contribution in [-0.2, 0) is 4.79 Å². The first-order chi connectivity index (χ1) is 11.2. The highest BCUT2D eigenvalue weighted by Crippen LogP contribution is 2.24. The smallest absolute Gasteiger partial charge is 0.313 e. The molecule has 1 heterocycles. The van der Waals surface area contributed by atoms with Crippen molar-refractivity contribution in [3.8, 4) is 22.4 Å². The summed E-state index contributed by atoms with van der Waals surface area (Å²) < 4.78 is 0. The first kappa shape index (κ1) is 15.2. The molecule has 5 heteroatoms. The number of aliphatic carboxylic acids is 1. The molecule has 0 saturated carbocycles. The van der Waals surface area contributed by atoms with E-state index < -0.39 is 5.97 Å². The van der Waals surface area contributed by atoms with E-state index in [0.717, 1.165) is 28.6 Å². The molecule has 0 aliphatic heterocycles. The Balaban J connectivity index is 1.76. The van der Waals surface area contributed by atoms with Gasteiger partial charge in [-0.3, -0.25) is 4.79 Å². The molecule has 3 aromatic rings. The Labute approximate surface area is 138 Å². The van der Waals surface area contributed by atoms with Crippen LogP contribution < -0.4 is 0 Å². The molecule has 0 fully saturated rings. The number of carboxylic acids is 1. The summed E-state index contributed by atoms with van der Waals surface area (Å²) in [5.74, 6) is -0.878. The Hall–Kier alpha value is -2.66. The van der Waals surface area contributed by atoms with Crippen LogP contribution in [0.2, 0.25) is 0 Å². The lowest BCUT2D eigenvalue weighted by molar-refractivity contribution is -0.133. The molecule has 0 aliphatic carbocycles. The summed E-state index contributed by atoms with van der Waals surface area (Å²) in [4.78, 5) is 10.5. The van der Waals surface area contributed by atoms with Gasteiger partial charge in [-0.2, -0.15) is 0 Å². The number of aromatic nitrogens is 2. The van der Waals surface area contributed by atoms with Gasteiger partial charge in [-0.15, -0.1) is 10.2 Å². The minimum atomic E-state index is -0.864. The molecule has 4 nitrogen and oxygen atoms in total. The standard InChI is InChI=1S/C18H14N2O2S/c21-18(22)12-23-17-11-10-16(19-20-17)15-8-6-14(7-9-15)13-4-2-1-3-5-13/h1-11H,12H2,(H,21,22). The van der Waals surface area contributed by atoms with Crippen LogP contribution in [0.25, 0.3) is 22.4 Å². The maximum absolute atomic E-state index is 10.5. The van der Waals surface area contributed by atoms with Crippen LogP contribution in [0.1, 0.15) is 0 Å². The van der Waals surface area contributed by atoms with E-state index in [4.69, 9.17) is 5.11 Å². The molecule has 0 radical (unpaired) electrons. The summed E-state index contributed by atoms with van der Waals surface area (Å²) >= 11 is 1.16.